The Morgan fingerprint density at radius 2 is 0.915 bits per heavy atom. The van der Waals surface area contributed by atoms with Gasteiger partial charge in [0, 0.05) is 0 Å². The summed E-state index contributed by atoms with van der Waals surface area (Å²) in [6, 6.07) is 36.3. The maximum atomic E-state index is 9.74. The monoisotopic (exact) mass is 885 g/mol. The number of nitrogens with zero attached hydrogens (tertiary/aromatic N) is 2. The maximum absolute atomic E-state index is 9.74. The number of allylic oxidation sites excluding steroid dienone is 2. The Labute approximate surface area is 370 Å². The third-order valence-electron chi connectivity index (χ3n) is 11.2. The Balaban J connectivity index is 0.000000451. The molecule has 0 bridgehead atoms. The molecule has 0 aliphatic carbocycles. The van der Waals surface area contributed by atoms with Gasteiger partial charge in [-0.3, -0.25) is 0 Å². The summed E-state index contributed by atoms with van der Waals surface area (Å²) in [4.78, 5) is 6.19. The van der Waals surface area contributed by atoms with Crippen LogP contribution in [0.5, 0.6) is 0 Å². The summed E-state index contributed by atoms with van der Waals surface area (Å²) in [5.41, 5.74) is 24.8. The first kappa shape index (κ1) is 49.8. The van der Waals surface area contributed by atoms with Gasteiger partial charge in [0.1, 0.15) is 0 Å². The van der Waals surface area contributed by atoms with Crippen LogP contribution in [-0.4, -0.2) is 10.7 Å². The molecule has 322 valence electrons. The van der Waals surface area contributed by atoms with Crippen LogP contribution in [0.25, 0.3) is 11.1 Å². The first-order valence-electron chi connectivity index (χ1n) is 23.5. The van der Waals surface area contributed by atoms with Gasteiger partial charge in [-0.15, -0.1) is 4.79 Å². The van der Waals surface area contributed by atoms with Crippen LogP contribution in [0.1, 0.15) is 176 Å². The van der Waals surface area contributed by atoms with Crippen LogP contribution in [0.15, 0.2) is 108 Å². The Morgan fingerprint density at radius 1 is 0.475 bits per heavy atom. The molecular formula is C56H78N2Pd. The van der Waals surface area contributed by atoms with Crippen molar-refractivity contribution in [2.45, 2.75) is 180 Å². The van der Waals surface area contributed by atoms with Crippen LogP contribution in [-0.2, 0) is 56.5 Å². The molecule has 0 unspecified atom stereocenters. The van der Waals surface area contributed by atoms with E-state index in [1.807, 2.05) is 0 Å². The molecule has 4 aromatic carbocycles. The molecule has 0 aromatic heterocycles. The molecule has 0 N–H and O–H groups in total. The van der Waals surface area contributed by atoms with Crippen molar-refractivity contribution in [1.29, 1.82) is 0 Å². The van der Waals surface area contributed by atoms with Crippen LogP contribution >= 0.6 is 0 Å². The van der Waals surface area contributed by atoms with Gasteiger partial charge in [0.15, 0.2) is 0 Å². The predicted molar refractivity (Wildman–Crippen MR) is 254 cm³/mol. The summed E-state index contributed by atoms with van der Waals surface area (Å²) in [5.74, 6) is 3.07. The molecule has 0 spiro atoms. The SMILES string of the molecule is CCCCCCc1cc(CCCCCC)cc(C(=C(CCCC)C(=C=[N+]=[N-])CCCC)c2cc(CC)cc(CC)c2)c1.c1ccc(C[CH2][Pd][CH2]Cc2ccccc2)cc1. The summed E-state index contributed by atoms with van der Waals surface area (Å²) in [6.07, 6.45) is 23.3. The van der Waals surface area contributed by atoms with Gasteiger partial charge in [-0.2, -0.15) is 0 Å². The van der Waals surface area contributed by atoms with Gasteiger partial charge in [-0.25, -0.2) is 0 Å². The van der Waals surface area contributed by atoms with Gasteiger partial charge in [0.2, 0.25) is 0 Å². The third kappa shape index (κ3) is 19.6. The summed E-state index contributed by atoms with van der Waals surface area (Å²) < 4.78 is 0. The zero-order valence-corrected chi connectivity index (χ0v) is 39.6. The summed E-state index contributed by atoms with van der Waals surface area (Å²) in [6.45, 7) is 13.6. The zero-order valence-electron chi connectivity index (χ0n) is 38.0. The molecule has 0 heterocycles. The zero-order chi connectivity index (χ0) is 42.3. The first-order chi connectivity index (χ1) is 29.0. The second-order valence-electron chi connectivity index (χ2n) is 16.1. The second kappa shape index (κ2) is 31.3. The molecular weight excluding hydrogens is 807 g/mol. The summed E-state index contributed by atoms with van der Waals surface area (Å²) >= 11 is 0.891. The van der Waals surface area contributed by atoms with Crippen molar-refractivity contribution in [3.05, 3.63) is 158 Å². The normalized spacial score (nSPS) is 11.4. The van der Waals surface area contributed by atoms with Gasteiger partial charge < -0.3 is 5.53 Å². The molecule has 0 fully saturated rings. The van der Waals surface area contributed by atoms with E-state index < -0.39 is 0 Å². The molecule has 0 radical (unpaired) electrons. The molecule has 2 nitrogen and oxygen atoms in total. The fourth-order valence-corrected chi connectivity index (χ4v) is 9.50. The van der Waals surface area contributed by atoms with E-state index in [1.165, 1.54) is 130 Å². The molecule has 0 saturated carbocycles. The molecule has 59 heavy (non-hydrogen) atoms. The average Bonchev–Trinajstić information content (AvgIpc) is 3.27. The van der Waals surface area contributed by atoms with Gasteiger partial charge in [0.05, 0.1) is 5.57 Å². The van der Waals surface area contributed by atoms with Crippen LogP contribution in [0.2, 0.25) is 9.79 Å². The van der Waals surface area contributed by atoms with E-state index >= 15 is 0 Å². The van der Waals surface area contributed by atoms with E-state index in [4.69, 9.17) is 0 Å². The molecule has 0 amide bonds. The topological polar surface area (TPSA) is 36.4 Å². The molecule has 0 atom stereocenters. The van der Waals surface area contributed by atoms with Gasteiger partial charge >= 0.3 is 118 Å². The van der Waals surface area contributed by atoms with Crippen LogP contribution in [0.3, 0.4) is 0 Å². The fourth-order valence-electron chi connectivity index (χ4n) is 7.67. The Kier molecular flexibility index (Phi) is 26.5. The summed E-state index contributed by atoms with van der Waals surface area (Å²) in [5, 5.41) is 0. The van der Waals surface area contributed by atoms with E-state index in [1.54, 1.807) is 0 Å². The molecule has 4 aromatic rings. The molecule has 3 heteroatoms. The van der Waals surface area contributed by atoms with Crippen molar-refractivity contribution < 1.29 is 22.8 Å². The molecule has 0 aliphatic heterocycles. The van der Waals surface area contributed by atoms with Crippen LogP contribution < -0.4 is 0 Å². The van der Waals surface area contributed by atoms with Crippen molar-refractivity contribution in [2.24, 2.45) is 0 Å². The van der Waals surface area contributed by atoms with Crippen molar-refractivity contribution in [2.75, 3.05) is 0 Å². The number of benzene rings is 4. The number of hydrogen-bond donors (Lipinski definition) is 0. The van der Waals surface area contributed by atoms with Crippen molar-refractivity contribution >= 4 is 11.4 Å². The van der Waals surface area contributed by atoms with E-state index in [2.05, 4.69) is 149 Å². The Hall–Kier alpha value is -3.56. The number of rotatable bonds is 27. The van der Waals surface area contributed by atoms with E-state index in [9.17, 15) is 5.53 Å². The quantitative estimate of drug-likeness (QED) is 0.0143. The van der Waals surface area contributed by atoms with Crippen molar-refractivity contribution in [1.82, 2.24) is 0 Å². The van der Waals surface area contributed by atoms with Gasteiger partial charge in [-0.1, -0.05) is 129 Å². The average molecular weight is 886 g/mol. The van der Waals surface area contributed by atoms with Crippen LogP contribution in [0, 0.1) is 0 Å². The number of hydrogen-bond acceptors (Lipinski definition) is 0. The second-order valence-corrected chi connectivity index (χ2v) is 18.4. The van der Waals surface area contributed by atoms with Crippen molar-refractivity contribution in [3.8, 4) is 0 Å². The minimum atomic E-state index is 0.887. The first-order valence-corrected chi connectivity index (χ1v) is 25.7. The van der Waals surface area contributed by atoms with Crippen LogP contribution in [0.4, 0.5) is 0 Å². The van der Waals surface area contributed by atoms with E-state index in [0.29, 0.717) is 0 Å². The summed E-state index contributed by atoms with van der Waals surface area (Å²) in [7, 11) is 0. The van der Waals surface area contributed by atoms with Gasteiger partial charge in [-0.05, 0) is 109 Å². The number of unbranched alkanes of at least 4 members (excludes halogenated alkanes) is 8. The molecule has 4 rings (SSSR count). The van der Waals surface area contributed by atoms with E-state index in [0.717, 1.165) is 87.8 Å². The predicted octanol–water partition coefficient (Wildman–Crippen LogP) is 16.5. The third-order valence-corrected chi connectivity index (χ3v) is 13.1. The molecule has 0 aliphatic rings. The Morgan fingerprint density at radius 3 is 1.36 bits per heavy atom. The van der Waals surface area contributed by atoms with E-state index in [-0.39, 0.29) is 0 Å². The number of aryl methyl sites for hydroxylation is 6. The van der Waals surface area contributed by atoms with Crippen molar-refractivity contribution in [3.63, 3.8) is 0 Å². The standard InChI is InChI=1S/C40H60N2.2C8H9.Pd/c1-7-13-17-19-21-34-26-35(22-20-18-14-8-2)30-38(29-34)40(37-27-32(11-5)25-33(12-6)28-37)39(24-16-10-4)36(31-42-41)23-15-9-3;2*1-2-8-6-4-3-5-7-8;/h25-30H,7-24H2,1-6H3;2*3-7H,1-2H2;. The Bertz CT molecular complexity index is 1750. The van der Waals surface area contributed by atoms with Gasteiger partial charge in [0.25, 0.3) is 0 Å². The minimum absolute atomic E-state index is 0.887. The molecule has 0 saturated heterocycles. The fraction of sp³-hybridized carbons (Fsp3) is 0.500.